The standard InChI is InChI=1S/C23H31N3O2/c27-21-7-3-6-20-18-11-19(14-24-13-18)22(26(20)21)23(28)25-12-15-8-9-16-4-1-2-5-17(16)10-15/h8-10,18-20,22,24H,1-7,11-14H2,(H,25,28)/t18-,19+,20+,22-/m1/s1. The monoisotopic (exact) mass is 381 g/mol. The molecule has 3 fully saturated rings. The molecule has 3 saturated heterocycles. The average Bonchev–Trinajstić information content (AvgIpc) is 2.73. The maximum atomic E-state index is 13.2. The van der Waals surface area contributed by atoms with Crippen LogP contribution in [0.4, 0.5) is 0 Å². The Labute approximate surface area is 167 Å². The van der Waals surface area contributed by atoms with E-state index in [2.05, 4.69) is 28.8 Å². The molecule has 1 aromatic rings. The van der Waals surface area contributed by atoms with Crippen molar-refractivity contribution in [3.8, 4) is 0 Å². The van der Waals surface area contributed by atoms with E-state index in [-0.39, 0.29) is 29.8 Å². The first kappa shape index (κ1) is 18.2. The van der Waals surface area contributed by atoms with Gasteiger partial charge in [-0.2, -0.15) is 0 Å². The molecule has 5 nitrogen and oxygen atoms in total. The van der Waals surface area contributed by atoms with Crippen molar-refractivity contribution in [2.75, 3.05) is 13.1 Å². The third kappa shape index (κ3) is 3.24. The Hall–Kier alpha value is -1.88. The zero-order chi connectivity index (χ0) is 19.1. The van der Waals surface area contributed by atoms with E-state index in [0.29, 0.717) is 18.9 Å². The number of carbonyl (C=O) groups excluding carboxylic acids is 2. The van der Waals surface area contributed by atoms with Gasteiger partial charge in [-0.25, -0.2) is 0 Å². The molecule has 28 heavy (non-hydrogen) atoms. The molecule has 3 aliphatic heterocycles. The Morgan fingerprint density at radius 3 is 2.79 bits per heavy atom. The summed E-state index contributed by atoms with van der Waals surface area (Å²) < 4.78 is 0. The molecule has 4 atom stereocenters. The van der Waals surface area contributed by atoms with Crippen LogP contribution < -0.4 is 10.6 Å². The Morgan fingerprint density at radius 1 is 1.07 bits per heavy atom. The molecule has 3 heterocycles. The first-order valence-electron chi connectivity index (χ1n) is 11.1. The first-order chi connectivity index (χ1) is 13.7. The Kier molecular flexibility index (Phi) is 4.87. The molecule has 2 bridgehead atoms. The number of benzene rings is 1. The van der Waals surface area contributed by atoms with E-state index in [1.807, 2.05) is 4.90 Å². The van der Waals surface area contributed by atoms with Gasteiger partial charge in [0.25, 0.3) is 0 Å². The highest BCUT2D eigenvalue weighted by molar-refractivity contribution is 5.89. The molecular weight excluding hydrogens is 350 g/mol. The Morgan fingerprint density at radius 2 is 1.89 bits per heavy atom. The van der Waals surface area contributed by atoms with Gasteiger partial charge in [0.2, 0.25) is 11.8 Å². The number of nitrogens with zero attached hydrogens (tertiary/aromatic N) is 1. The van der Waals surface area contributed by atoms with Crippen LogP contribution in [0, 0.1) is 11.8 Å². The van der Waals surface area contributed by atoms with Crippen LogP contribution in [0.3, 0.4) is 0 Å². The van der Waals surface area contributed by atoms with Crippen molar-refractivity contribution in [2.24, 2.45) is 11.8 Å². The fraction of sp³-hybridized carbons (Fsp3) is 0.652. The van der Waals surface area contributed by atoms with Crippen LogP contribution in [-0.4, -0.2) is 41.9 Å². The third-order valence-corrected chi connectivity index (χ3v) is 7.39. The predicted octanol–water partition coefficient (Wildman–Crippen LogP) is 2.17. The maximum Gasteiger partial charge on any atom is 0.243 e. The molecular formula is C23H31N3O2. The van der Waals surface area contributed by atoms with Crippen molar-refractivity contribution < 1.29 is 9.59 Å². The van der Waals surface area contributed by atoms with Crippen molar-refractivity contribution in [1.29, 1.82) is 0 Å². The van der Waals surface area contributed by atoms with E-state index >= 15 is 0 Å². The minimum atomic E-state index is -0.306. The quantitative estimate of drug-likeness (QED) is 0.844. The zero-order valence-electron chi connectivity index (χ0n) is 16.6. The normalized spacial score (nSPS) is 31.7. The second-order valence-electron chi connectivity index (χ2n) is 9.15. The van der Waals surface area contributed by atoms with Crippen LogP contribution in [0.25, 0.3) is 0 Å². The van der Waals surface area contributed by atoms with Gasteiger partial charge in [0.1, 0.15) is 6.04 Å². The van der Waals surface area contributed by atoms with Gasteiger partial charge >= 0.3 is 0 Å². The summed E-state index contributed by atoms with van der Waals surface area (Å²) in [6.45, 7) is 2.37. The number of fused-ring (bicyclic) bond motifs is 5. The van der Waals surface area contributed by atoms with E-state index in [1.165, 1.54) is 36.0 Å². The van der Waals surface area contributed by atoms with Crippen molar-refractivity contribution in [3.63, 3.8) is 0 Å². The lowest BCUT2D eigenvalue weighted by atomic mass is 9.72. The van der Waals surface area contributed by atoms with Gasteiger partial charge in [0.15, 0.2) is 0 Å². The molecule has 0 radical (unpaired) electrons. The van der Waals surface area contributed by atoms with E-state index in [9.17, 15) is 9.59 Å². The number of aryl methyl sites for hydroxylation is 2. The van der Waals surface area contributed by atoms with Gasteiger partial charge in [-0.05, 0) is 74.1 Å². The molecule has 1 aromatic carbocycles. The van der Waals surface area contributed by atoms with E-state index < -0.39 is 0 Å². The van der Waals surface area contributed by atoms with Gasteiger partial charge in [0, 0.05) is 31.5 Å². The third-order valence-electron chi connectivity index (χ3n) is 7.39. The molecule has 0 spiro atoms. The summed E-state index contributed by atoms with van der Waals surface area (Å²) in [4.78, 5) is 27.9. The van der Waals surface area contributed by atoms with Crippen molar-refractivity contribution in [1.82, 2.24) is 15.5 Å². The lowest BCUT2D eigenvalue weighted by molar-refractivity contribution is -0.157. The maximum absolute atomic E-state index is 13.2. The number of piperidine rings is 3. The number of hydrogen-bond donors (Lipinski definition) is 2. The van der Waals surface area contributed by atoms with Gasteiger partial charge in [0.05, 0.1) is 0 Å². The number of amides is 2. The Balaban J connectivity index is 1.31. The lowest BCUT2D eigenvalue weighted by Crippen LogP contribution is -2.67. The molecule has 2 amide bonds. The van der Waals surface area contributed by atoms with E-state index in [4.69, 9.17) is 0 Å². The topological polar surface area (TPSA) is 61.4 Å². The minimum absolute atomic E-state index is 0.0325. The van der Waals surface area contributed by atoms with Gasteiger partial charge in [-0.3, -0.25) is 9.59 Å². The van der Waals surface area contributed by atoms with E-state index in [0.717, 1.165) is 38.8 Å². The summed E-state index contributed by atoms with van der Waals surface area (Å²) in [5, 5.41) is 6.68. The van der Waals surface area contributed by atoms with Crippen LogP contribution in [0.1, 0.15) is 55.2 Å². The highest BCUT2D eigenvalue weighted by Crippen LogP contribution is 2.39. The SMILES string of the molecule is O=C(NCc1ccc2c(c1)CCCC2)[C@H]1[C@@H]2CNC[C@@H](C2)[C@@H]2CCCC(=O)N21. The second kappa shape index (κ2) is 7.51. The zero-order valence-corrected chi connectivity index (χ0v) is 16.6. The van der Waals surface area contributed by atoms with Crippen LogP contribution in [-0.2, 0) is 29.0 Å². The fourth-order valence-electron chi connectivity index (χ4n) is 6.04. The van der Waals surface area contributed by atoms with Crippen molar-refractivity contribution in [2.45, 2.75) is 70.0 Å². The minimum Gasteiger partial charge on any atom is -0.350 e. The lowest BCUT2D eigenvalue weighted by Gasteiger charge is -2.53. The molecule has 150 valence electrons. The van der Waals surface area contributed by atoms with E-state index in [1.54, 1.807) is 0 Å². The highest BCUT2D eigenvalue weighted by atomic mass is 16.2. The number of rotatable bonds is 3. The Bertz CT molecular complexity index is 777. The smallest absolute Gasteiger partial charge is 0.243 e. The summed E-state index contributed by atoms with van der Waals surface area (Å²) in [5.41, 5.74) is 4.09. The number of hydrogen-bond acceptors (Lipinski definition) is 3. The second-order valence-corrected chi connectivity index (χ2v) is 9.15. The summed E-state index contributed by atoms with van der Waals surface area (Å²) in [7, 11) is 0. The molecule has 1 aliphatic carbocycles. The van der Waals surface area contributed by atoms with Crippen molar-refractivity contribution in [3.05, 3.63) is 34.9 Å². The van der Waals surface area contributed by atoms with Crippen LogP contribution in [0.5, 0.6) is 0 Å². The fourth-order valence-corrected chi connectivity index (χ4v) is 6.04. The average molecular weight is 382 g/mol. The molecule has 0 saturated carbocycles. The largest absolute Gasteiger partial charge is 0.350 e. The van der Waals surface area contributed by atoms with Gasteiger partial charge < -0.3 is 15.5 Å². The van der Waals surface area contributed by atoms with Gasteiger partial charge in [-0.15, -0.1) is 0 Å². The van der Waals surface area contributed by atoms with Crippen LogP contribution in [0.15, 0.2) is 18.2 Å². The summed E-state index contributed by atoms with van der Waals surface area (Å²) in [5.74, 6) is 0.959. The van der Waals surface area contributed by atoms with Crippen LogP contribution in [0.2, 0.25) is 0 Å². The summed E-state index contributed by atoms with van der Waals surface area (Å²) >= 11 is 0. The molecule has 2 N–H and O–H groups in total. The summed E-state index contributed by atoms with van der Waals surface area (Å²) in [6, 6.07) is 6.58. The molecule has 5 rings (SSSR count). The van der Waals surface area contributed by atoms with Gasteiger partial charge in [-0.1, -0.05) is 18.2 Å². The molecule has 4 aliphatic rings. The predicted molar refractivity (Wildman–Crippen MR) is 108 cm³/mol. The number of nitrogens with one attached hydrogen (secondary N) is 2. The van der Waals surface area contributed by atoms with Crippen molar-refractivity contribution >= 4 is 11.8 Å². The molecule has 0 aromatic heterocycles. The summed E-state index contributed by atoms with van der Waals surface area (Å²) in [6.07, 6.45) is 8.54. The first-order valence-corrected chi connectivity index (χ1v) is 11.1. The van der Waals surface area contributed by atoms with Crippen LogP contribution >= 0.6 is 0 Å². The molecule has 5 heteroatoms. The molecule has 0 unspecified atom stereocenters. The highest BCUT2D eigenvalue weighted by Gasteiger charge is 2.50. The number of carbonyl (C=O) groups is 2.